The number of rotatable bonds is 6. The van der Waals surface area contributed by atoms with Gasteiger partial charge in [0, 0.05) is 31.4 Å². The van der Waals surface area contributed by atoms with E-state index in [1.807, 2.05) is 13.0 Å². The van der Waals surface area contributed by atoms with Crippen LogP contribution in [0, 0.1) is 5.82 Å². The summed E-state index contributed by atoms with van der Waals surface area (Å²) in [6.45, 7) is 6.33. The van der Waals surface area contributed by atoms with Crippen LogP contribution in [0.15, 0.2) is 52.1 Å². The highest BCUT2D eigenvalue weighted by Gasteiger charge is 2.26. The third kappa shape index (κ3) is 5.25. The molecule has 1 aromatic carbocycles. The third-order valence-corrected chi connectivity index (χ3v) is 4.95. The summed E-state index contributed by atoms with van der Waals surface area (Å²) in [5.41, 5.74) is -0.236. The first-order chi connectivity index (χ1) is 13.5. The summed E-state index contributed by atoms with van der Waals surface area (Å²) in [5, 5.41) is 17.3. The fourth-order valence-corrected chi connectivity index (χ4v) is 3.36. The molecule has 0 radical (unpaired) electrons. The van der Waals surface area contributed by atoms with E-state index >= 15 is 0 Å². The molecule has 1 fully saturated rings. The zero-order valence-corrected chi connectivity index (χ0v) is 16.5. The van der Waals surface area contributed by atoms with Crippen molar-refractivity contribution < 1.29 is 13.9 Å². The van der Waals surface area contributed by atoms with Crippen LogP contribution in [0.25, 0.3) is 0 Å². The van der Waals surface area contributed by atoms with Crippen molar-refractivity contribution in [2.24, 2.45) is 4.99 Å². The summed E-state index contributed by atoms with van der Waals surface area (Å²) in [6, 6.07) is 10.5. The Bertz CT molecular complexity index is 768. The number of hydrogen-bond acceptors (Lipinski definition) is 4. The van der Waals surface area contributed by atoms with Crippen molar-refractivity contribution in [3.63, 3.8) is 0 Å². The number of benzene rings is 1. The maximum absolute atomic E-state index is 13.4. The monoisotopic (exact) mass is 388 g/mol. The molecule has 7 heteroatoms. The van der Waals surface area contributed by atoms with Crippen LogP contribution in [0.5, 0.6) is 0 Å². The van der Waals surface area contributed by atoms with Gasteiger partial charge in [0.2, 0.25) is 0 Å². The van der Waals surface area contributed by atoms with E-state index < -0.39 is 5.60 Å². The molecule has 3 N–H and O–H groups in total. The van der Waals surface area contributed by atoms with Crippen molar-refractivity contribution in [1.82, 2.24) is 10.6 Å². The quantitative estimate of drug-likeness (QED) is 0.524. The highest BCUT2D eigenvalue weighted by molar-refractivity contribution is 5.80. The van der Waals surface area contributed by atoms with Crippen molar-refractivity contribution in [1.29, 1.82) is 0 Å². The van der Waals surface area contributed by atoms with Crippen molar-refractivity contribution in [2.45, 2.75) is 38.3 Å². The fraction of sp³-hybridized carbons (Fsp3) is 0.476. The largest absolute Gasteiger partial charge is 0.466 e. The SMILES string of the molecule is CCNC(=NCC(C)(O)c1ccco1)NC1CCN(c2cccc(F)c2)CC1. The second kappa shape index (κ2) is 9.10. The van der Waals surface area contributed by atoms with Crippen LogP contribution < -0.4 is 15.5 Å². The Morgan fingerprint density at radius 3 is 2.75 bits per heavy atom. The summed E-state index contributed by atoms with van der Waals surface area (Å²) in [4.78, 5) is 6.75. The predicted octanol–water partition coefficient (Wildman–Crippen LogP) is 2.85. The maximum atomic E-state index is 13.4. The van der Waals surface area contributed by atoms with Gasteiger partial charge in [-0.05, 0) is 57.0 Å². The average Bonchev–Trinajstić information content (AvgIpc) is 3.23. The van der Waals surface area contributed by atoms with Crippen LogP contribution in [0.1, 0.15) is 32.4 Å². The third-order valence-electron chi connectivity index (χ3n) is 4.95. The minimum absolute atomic E-state index is 0.192. The van der Waals surface area contributed by atoms with Gasteiger partial charge in [0.15, 0.2) is 5.96 Å². The smallest absolute Gasteiger partial charge is 0.191 e. The number of aliphatic imine (C=N–C) groups is 1. The van der Waals surface area contributed by atoms with E-state index in [-0.39, 0.29) is 18.4 Å². The Kier molecular flexibility index (Phi) is 6.57. The van der Waals surface area contributed by atoms with E-state index in [0.717, 1.165) is 38.2 Å². The Hall–Kier alpha value is -2.54. The normalized spacial score (nSPS) is 18.0. The molecule has 1 atom stereocenters. The Balaban J connectivity index is 1.56. The van der Waals surface area contributed by atoms with Gasteiger partial charge in [-0.25, -0.2) is 9.38 Å². The molecule has 0 spiro atoms. The van der Waals surface area contributed by atoms with Gasteiger partial charge in [0.25, 0.3) is 0 Å². The number of piperidine rings is 1. The number of halogens is 1. The molecule has 0 bridgehead atoms. The summed E-state index contributed by atoms with van der Waals surface area (Å²) in [5.74, 6) is 0.969. The standard InChI is InChI=1S/C21H29FN4O2/c1-3-23-20(24-15-21(2,27)19-8-5-13-28-19)25-17-9-11-26(12-10-17)18-7-4-6-16(22)14-18/h4-8,13-14,17,27H,3,9-12,15H2,1-2H3,(H2,23,24,25). The highest BCUT2D eigenvalue weighted by atomic mass is 19.1. The molecule has 1 aliphatic heterocycles. The number of furan rings is 1. The summed E-state index contributed by atoms with van der Waals surface area (Å²) < 4.78 is 18.8. The molecule has 0 saturated carbocycles. The zero-order chi connectivity index (χ0) is 20.0. The number of anilines is 1. The van der Waals surface area contributed by atoms with Gasteiger partial charge < -0.3 is 25.1 Å². The van der Waals surface area contributed by atoms with E-state index in [0.29, 0.717) is 11.7 Å². The van der Waals surface area contributed by atoms with Gasteiger partial charge in [-0.2, -0.15) is 0 Å². The zero-order valence-electron chi connectivity index (χ0n) is 16.5. The van der Waals surface area contributed by atoms with E-state index in [1.165, 1.54) is 6.07 Å². The van der Waals surface area contributed by atoms with Crippen molar-refractivity contribution in [2.75, 3.05) is 31.1 Å². The first-order valence-electron chi connectivity index (χ1n) is 9.79. The fourth-order valence-electron chi connectivity index (χ4n) is 3.36. The van der Waals surface area contributed by atoms with Gasteiger partial charge in [-0.3, -0.25) is 0 Å². The van der Waals surface area contributed by atoms with Crippen molar-refractivity contribution >= 4 is 11.6 Å². The second-order valence-electron chi connectivity index (χ2n) is 7.33. The summed E-state index contributed by atoms with van der Waals surface area (Å²) >= 11 is 0. The number of guanidine groups is 1. The lowest BCUT2D eigenvalue weighted by Crippen LogP contribution is -2.49. The van der Waals surface area contributed by atoms with Crippen LogP contribution in [-0.2, 0) is 5.60 Å². The van der Waals surface area contributed by atoms with Gasteiger partial charge in [-0.15, -0.1) is 0 Å². The molecular weight excluding hydrogens is 359 g/mol. The summed E-state index contributed by atoms with van der Waals surface area (Å²) in [7, 11) is 0. The average molecular weight is 388 g/mol. The number of hydrogen-bond donors (Lipinski definition) is 3. The lowest BCUT2D eigenvalue weighted by Gasteiger charge is -2.34. The molecule has 2 heterocycles. The lowest BCUT2D eigenvalue weighted by atomic mass is 10.0. The molecule has 152 valence electrons. The number of aliphatic hydroxyl groups is 1. The van der Waals surface area contributed by atoms with E-state index in [9.17, 15) is 9.50 Å². The van der Waals surface area contributed by atoms with Gasteiger partial charge in [0.1, 0.15) is 17.2 Å². The van der Waals surface area contributed by atoms with E-state index in [1.54, 1.807) is 37.5 Å². The van der Waals surface area contributed by atoms with Crippen molar-refractivity contribution in [3.8, 4) is 0 Å². The molecule has 0 aliphatic carbocycles. The van der Waals surface area contributed by atoms with E-state index in [2.05, 4.69) is 20.5 Å². The van der Waals surface area contributed by atoms with Gasteiger partial charge in [0.05, 0.1) is 12.8 Å². The number of nitrogens with one attached hydrogen (secondary N) is 2. The molecule has 1 saturated heterocycles. The van der Waals surface area contributed by atoms with E-state index in [4.69, 9.17) is 4.42 Å². The van der Waals surface area contributed by atoms with Gasteiger partial charge >= 0.3 is 0 Å². The topological polar surface area (TPSA) is 73.0 Å². The highest BCUT2D eigenvalue weighted by Crippen LogP contribution is 2.22. The molecule has 2 aromatic rings. The Morgan fingerprint density at radius 1 is 1.32 bits per heavy atom. The van der Waals surface area contributed by atoms with Crippen molar-refractivity contribution in [3.05, 3.63) is 54.2 Å². The Morgan fingerprint density at radius 2 is 2.11 bits per heavy atom. The molecule has 1 aliphatic rings. The van der Waals surface area contributed by atoms with Crippen LogP contribution in [0.2, 0.25) is 0 Å². The molecular formula is C21H29FN4O2. The van der Waals surface area contributed by atoms with Crippen LogP contribution in [0.3, 0.4) is 0 Å². The molecule has 1 aromatic heterocycles. The minimum atomic E-state index is -1.16. The second-order valence-corrected chi connectivity index (χ2v) is 7.33. The number of nitrogens with zero attached hydrogens (tertiary/aromatic N) is 2. The Labute approximate surface area is 165 Å². The molecule has 1 unspecified atom stereocenters. The molecule has 0 amide bonds. The molecule has 3 rings (SSSR count). The van der Waals surface area contributed by atoms with Crippen LogP contribution >= 0.6 is 0 Å². The maximum Gasteiger partial charge on any atom is 0.191 e. The molecule has 6 nitrogen and oxygen atoms in total. The predicted molar refractivity (Wildman–Crippen MR) is 109 cm³/mol. The first kappa shape index (κ1) is 20.2. The molecule has 28 heavy (non-hydrogen) atoms. The lowest BCUT2D eigenvalue weighted by molar-refractivity contribution is 0.0436. The first-order valence-corrected chi connectivity index (χ1v) is 9.79. The summed E-state index contributed by atoms with van der Waals surface area (Å²) in [6.07, 6.45) is 3.40. The van der Waals surface area contributed by atoms with Crippen LogP contribution in [-0.4, -0.2) is 43.3 Å². The van der Waals surface area contributed by atoms with Gasteiger partial charge in [-0.1, -0.05) is 6.07 Å². The van der Waals surface area contributed by atoms with Crippen LogP contribution in [0.4, 0.5) is 10.1 Å². The minimum Gasteiger partial charge on any atom is -0.466 e.